The van der Waals surface area contributed by atoms with E-state index in [0.717, 1.165) is 22.7 Å². The van der Waals surface area contributed by atoms with Gasteiger partial charge in [-0.3, -0.25) is 0 Å². The van der Waals surface area contributed by atoms with Crippen LogP contribution in [0.15, 0.2) is 206 Å². The first-order valence-corrected chi connectivity index (χ1v) is 21.9. The summed E-state index contributed by atoms with van der Waals surface area (Å²) >= 11 is 0. The molecule has 10 aromatic carbocycles. The number of benzene rings is 10. The van der Waals surface area contributed by atoms with Gasteiger partial charge in [-0.05, 0) is 103 Å². The van der Waals surface area contributed by atoms with Gasteiger partial charge in [0.15, 0.2) is 0 Å². The highest BCUT2D eigenvalue weighted by Crippen LogP contribution is 2.53. The van der Waals surface area contributed by atoms with Crippen molar-refractivity contribution in [1.82, 2.24) is 0 Å². The first-order chi connectivity index (χ1) is 30.1. The molecule has 10 rings (SSSR count). The van der Waals surface area contributed by atoms with Gasteiger partial charge < -0.3 is 9.80 Å². The molecule has 0 atom stereocenters. The Kier molecular flexibility index (Phi) is 9.68. The molecular weight excluding hydrogens is 749 g/mol. The van der Waals surface area contributed by atoms with Crippen molar-refractivity contribution in [3.05, 3.63) is 217 Å². The van der Waals surface area contributed by atoms with Crippen molar-refractivity contribution in [1.29, 1.82) is 0 Å². The smallest absolute Gasteiger partial charge is 0.0543 e. The van der Waals surface area contributed by atoms with E-state index in [9.17, 15) is 0 Å². The predicted octanol–water partition coefficient (Wildman–Crippen LogP) is 17.5. The fourth-order valence-electron chi connectivity index (χ4n) is 9.60. The van der Waals surface area contributed by atoms with E-state index in [1.54, 1.807) is 0 Å². The summed E-state index contributed by atoms with van der Waals surface area (Å²) in [6.45, 7) is 14.2. The first kappa shape index (κ1) is 39.0. The van der Waals surface area contributed by atoms with Crippen LogP contribution in [-0.4, -0.2) is 0 Å². The van der Waals surface area contributed by atoms with Crippen molar-refractivity contribution >= 4 is 66.4 Å². The topological polar surface area (TPSA) is 6.48 Å². The van der Waals surface area contributed by atoms with Gasteiger partial charge in [-0.2, -0.15) is 0 Å². The van der Waals surface area contributed by atoms with Crippen LogP contribution >= 0.6 is 0 Å². The molecule has 0 fully saturated rings. The molecule has 0 aliphatic carbocycles. The van der Waals surface area contributed by atoms with E-state index in [-0.39, 0.29) is 10.8 Å². The summed E-state index contributed by atoms with van der Waals surface area (Å²) in [5.41, 5.74) is 14.0. The quantitative estimate of drug-likeness (QED) is 0.141. The molecule has 0 heterocycles. The monoisotopic (exact) mass is 800 g/mol. The number of hydrogen-bond acceptors (Lipinski definition) is 2. The van der Waals surface area contributed by atoms with Gasteiger partial charge in [-0.25, -0.2) is 0 Å². The van der Waals surface area contributed by atoms with E-state index < -0.39 is 0 Å². The standard InChI is InChI=1S/C60H52N2/c1-59(2,3)51-39-55(61(43-27-15-9-16-28-43)53-33-21-19-31-45(53)41-23-11-7-12-24-41)49-38-36-48-52(60(4,5)6)40-56(50-37-35-47(51)57(49)58(48)50)62(44-29-17-10-18-30-44)54-34-22-20-32-46(54)42-25-13-8-14-26-42/h7-40H,1-6H3. The van der Waals surface area contributed by atoms with Gasteiger partial charge in [0.1, 0.15) is 0 Å². The minimum Gasteiger partial charge on any atom is -0.309 e. The molecule has 0 aromatic heterocycles. The van der Waals surface area contributed by atoms with Crippen LogP contribution in [0, 0.1) is 0 Å². The van der Waals surface area contributed by atoms with Crippen molar-refractivity contribution in [3.8, 4) is 22.3 Å². The van der Waals surface area contributed by atoms with Crippen molar-refractivity contribution in [2.75, 3.05) is 9.80 Å². The highest BCUT2D eigenvalue weighted by Gasteiger charge is 2.30. The third kappa shape index (κ3) is 6.77. The molecule has 0 aliphatic heterocycles. The van der Waals surface area contributed by atoms with E-state index in [0.29, 0.717) is 0 Å². The third-order valence-corrected chi connectivity index (χ3v) is 12.4. The second-order valence-electron chi connectivity index (χ2n) is 18.6. The Hall–Kier alpha value is -7.16. The summed E-state index contributed by atoms with van der Waals surface area (Å²) in [5, 5.41) is 7.66. The molecule has 10 aromatic rings. The lowest BCUT2D eigenvalue weighted by molar-refractivity contribution is 0.595. The average Bonchev–Trinajstić information content (AvgIpc) is 3.30. The number of rotatable bonds is 8. The van der Waals surface area contributed by atoms with Crippen molar-refractivity contribution in [3.63, 3.8) is 0 Å². The summed E-state index contributed by atoms with van der Waals surface area (Å²) in [7, 11) is 0. The summed E-state index contributed by atoms with van der Waals surface area (Å²) < 4.78 is 0. The van der Waals surface area contributed by atoms with Crippen LogP contribution in [0.2, 0.25) is 0 Å². The summed E-state index contributed by atoms with van der Waals surface area (Å²) in [6.07, 6.45) is 0. The van der Waals surface area contributed by atoms with Gasteiger partial charge in [0, 0.05) is 33.3 Å². The zero-order chi connectivity index (χ0) is 42.6. The van der Waals surface area contributed by atoms with Crippen LogP contribution in [-0.2, 0) is 10.8 Å². The molecule has 0 aliphatic rings. The van der Waals surface area contributed by atoms with E-state index in [2.05, 4.69) is 258 Å². The molecule has 62 heavy (non-hydrogen) atoms. The van der Waals surface area contributed by atoms with Crippen LogP contribution in [0.3, 0.4) is 0 Å². The second kappa shape index (κ2) is 15.4. The Morgan fingerprint density at radius 3 is 0.952 bits per heavy atom. The minimum atomic E-state index is -0.154. The predicted molar refractivity (Wildman–Crippen MR) is 268 cm³/mol. The maximum atomic E-state index is 2.50. The van der Waals surface area contributed by atoms with Gasteiger partial charge in [-0.15, -0.1) is 0 Å². The largest absolute Gasteiger partial charge is 0.309 e. The number of hydrogen-bond donors (Lipinski definition) is 0. The Bertz CT molecular complexity index is 2960. The van der Waals surface area contributed by atoms with Crippen LogP contribution in [0.25, 0.3) is 54.6 Å². The fourth-order valence-corrected chi connectivity index (χ4v) is 9.60. The van der Waals surface area contributed by atoms with E-state index in [1.165, 1.54) is 77.1 Å². The molecule has 0 radical (unpaired) electrons. The molecule has 0 N–H and O–H groups in total. The first-order valence-electron chi connectivity index (χ1n) is 21.9. The highest BCUT2D eigenvalue weighted by molar-refractivity contribution is 6.29. The van der Waals surface area contributed by atoms with Crippen molar-refractivity contribution < 1.29 is 0 Å². The summed E-state index contributed by atoms with van der Waals surface area (Å²) in [4.78, 5) is 5.00. The normalized spacial score (nSPS) is 12.0. The van der Waals surface area contributed by atoms with E-state index in [1.807, 2.05) is 0 Å². The van der Waals surface area contributed by atoms with Crippen LogP contribution in [0.5, 0.6) is 0 Å². The van der Waals surface area contributed by atoms with Gasteiger partial charge in [0.05, 0.1) is 22.7 Å². The molecule has 0 unspecified atom stereocenters. The molecule has 0 amide bonds. The minimum absolute atomic E-state index is 0.154. The van der Waals surface area contributed by atoms with Crippen LogP contribution < -0.4 is 9.80 Å². The van der Waals surface area contributed by atoms with Gasteiger partial charge in [0.25, 0.3) is 0 Å². The zero-order valence-corrected chi connectivity index (χ0v) is 36.5. The lowest BCUT2D eigenvalue weighted by Gasteiger charge is -2.34. The average molecular weight is 801 g/mol. The maximum Gasteiger partial charge on any atom is 0.0543 e. The maximum absolute atomic E-state index is 2.50. The van der Waals surface area contributed by atoms with Crippen molar-refractivity contribution in [2.24, 2.45) is 0 Å². The molecule has 2 heteroatoms. The SMILES string of the molecule is CC(C)(C)c1cc(N(c2ccccc2)c2ccccc2-c2ccccc2)c2ccc3c(C(C)(C)C)cc(N(c4ccccc4)c4ccccc4-c4ccccc4)c4ccc1c2c43. The molecule has 0 saturated heterocycles. The molecule has 0 spiro atoms. The molecule has 0 saturated carbocycles. The number of anilines is 6. The second-order valence-corrected chi connectivity index (χ2v) is 18.6. The van der Waals surface area contributed by atoms with E-state index in [4.69, 9.17) is 0 Å². The lowest BCUT2D eigenvalue weighted by atomic mass is 9.77. The molecule has 302 valence electrons. The lowest BCUT2D eigenvalue weighted by Crippen LogP contribution is -2.18. The fraction of sp³-hybridized carbons (Fsp3) is 0.133. The van der Waals surface area contributed by atoms with Gasteiger partial charge in [0.2, 0.25) is 0 Å². The van der Waals surface area contributed by atoms with Crippen LogP contribution in [0.1, 0.15) is 52.7 Å². The Labute approximate surface area is 366 Å². The molecule has 2 nitrogen and oxygen atoms in total. The Morgan fingerprint density at radius 2 is 0.597 bits per heavy atom. The number of nitrogens with zero attached hydrogens (tertiary/aromatic N) is 2. The van der Waals surface area contributed by atoms with Gasteiger partial charge in [-0.1, -0.05) is 199 Å². The van der Waals surface area contributed by atoms with E-state index >= 15 is 0 Å². The summed E-state index contributed by atoms with van der Waals surface area (Å²) in [5.74, 6) is 0. The molecular formula is C60H52N2. The van der Waals surface area contributed by atoms with Crippen LogP contribution in [0.4, 0.5) is 34.1 Å². The highest BCUT2D eigenvalue weighted by atomic mass is 15.2. The Morgan fingerprint density at radius 1 is 0.290 bits per heavy atom. The Balaban J connectivity index is 1.36. The molecule has 0 bridgehead atoms. The van der Waals surface area contributed by atoms with Gasteiger partial charge >= 0.3 is 0 Å². The number of para-hydroxylation sites is 4. The summed E-state index contributed by atoms with van der Waals surface area (Å²) in [6, 6.07) is 75.7. The third-order valence-electron chi connectivity index (χ3n) is 12.4. The van der Waals surface area contributed by atoms with Crippen molar-refractivity contribution in [2.45, 2.75) is 52.4 Å². The zero-order valence-electron chi connectivity index (χ0n) is 36.5.